The van der Waals surface area contributed by atoms with Crippen LogP contribution in [0.1, 0.15) is 51.5 Å². The van der Waals surface area contributed by atoms with E-state index in [0.29, 0.717) is 12.6 Å². The fourth-order valence-corrected chi connectivity index (χ4v) is 4.95. The standard InChI is InChI=1S/C23H38N6O/c1-3-24-23(27-20-9-11-28(17-20)21-6-4-5-7-21)26-15-19-8-10-25-22(14-19)29-12-13-30-18(2)16-29/h8,10,14,18,20-21H,3-7,9,11-13,15-17H2,1-2H3,(H2,24,26,27). The Morgan fingerprint density at radius 1 is 1.23 bits per heavy atom. The number of guanidine groups is 1. The molecule has 0 amide bonds. The molecule has 4 rings (SSSR count). The highest BCUT2D eigenvalue weighted by Gasteiger charge is 2.30. The molecule has 30 heavy (non-hydrogen) atoms. The lowest BCUT2D eigenvalue weighted by Crippen LogP contribution is -2.45. The van der Waals surface area contributed by atoms with Gasteiger partial charge in [0.25, 0.3) is 0 Å². The number of nitrogens with one attached hydrogen (secondary N) is 2. The molecule has 2 atom stereocenters. The van der Waals surface area contributed by atoms with Crippen LogP contribution in [-0.2, 0) is 11.3 Å². The number of likely N-dealkylation sites (tertiary alicyclic amines) is 1. The van der Waals surface area contributed by atoms with Crippen molar-refractivity contribution in [1.29, 1.82) is 0 Å². The average molecular weight is 415 g/mol. The molecule has 7 heteroatoms. The van der Waals surface area contributed by atoms with Crippen LogP contribution in [0.3, 0.4) is 0 Å². The molecule has 2 unspecified atom stereocenters. The van der Waals surface area contributed by atoms with E-state index < -0.39 is 0 Å². The molecule has 3 heterocycles. The van der Waals surface area contributed by atoms with Crippen LogP contribution >= 0.6 is 0 Å². The number of nitrogens with zero attached hydrogens (tertiary/aromatic N) is 4. The summed E-state index contributed by atoms with van der Waals surface area (Å²) in [4.78, 5) is 14.4. The molecule has 1 aromatic rings. The zero-order valence-electron chi connectivity index (χ0n) is 18.6. The fourth-order valence-electron chi connectivity index (χ4n) is 4.95. The summed E-state index contributed by atoms with van der Waals surface area (Å²) < 4.78 is 5.66. The van der Waals surface area contributed by atoms with E-state index >= 15 is 0 Å². The summed E-state index contributed by atoms with van der Waals surface area (Å²) >= 11 is 0. The molecule has 0 radical (unpaired) electrons. The van der Waals surface area contributed by atoms with Gasteiger partial charge in [0.05, 0.1) is 19.3 Å². The lowest BCUT2D eigenvalue weighted by Gasteiger charge is -2.32. The van der Waals surface area contributed by atoms with Gasteiger partial charge in [-0.25, -0.2) is 9.98 Å². The molecule has 0 bridgehead atoms. The summed E-state index contributed by atoms with van der Waals surface area (Å²) in [5.41, 5.74) is 1.19. The number of morpholine rings is 1. The molecule has 1 saturated carbocycles. The Labute approximate surface area is 181 Å². The maximum atomic E-state index is 5.66. The predicted molar refractivity (Wildman–Crippen MR) is 122 cm³/mol. The summed E-state index contributed by atoms with van der Waals surface area (Å²) in [6, 6.07) is 5.54. The first-order valence-corrected chi connectivity index (χ1v) is 11.8. The normalized spacial score (nSPS) is 26.3. The highest BCUT2D eigenvalue weighted by Crippen LogP contribution is 2.26. The molecule has 2 aliphatic heterocycles. The molecule has 3 fully saturated rings. The van der Waals surface area contributed by atoms with Crippen molar-refractivity contribution < 1.29 is 4.74 Å². The molecule has 2 N–H and O–H groups in total. The van der Waals surface area contributed by atoms with Crippen molar-refractivity contribution in [3.63, 3.8) is 0 Å². The molecule has 0 spiro atoms. The Hall–Kier alpha value is -1.86. The minimum Gasteiger partial charge on any atom is -0.375 e. The van der Waals surface area contributed by atoms with E-state index in [2.05, 4.69) is 51.4 Å². The summed E-state index contributed by atoms with van der Waals surface area (Å²) in [7, 11) is 0. The Morgan fingerprint density at radius 2 is 2.10 bits per heavy atom. The van der Waals surface area contributed by atoms with Gasteiger partial charge in [-0.1, -0.05) is 12.8 Å². The van der Waals surface area contributed by atoms with Crippen LogP contribution in [0.4, 0.5) is 5.82 Å². The van der Waals surface area contributed by atoms with E-state index in [1.54, 1.807) is 0 Å². The maximum absolute atomic E-state index is 5.66. The number of aliphatic imine (C=N–C) groups is 1. The molecular weight excluding hydrogens is 376 g/mol. The molecule has 0 aromatic carbocycles. The quantitative estimate of drug-likeness (QED) is 0.550. The van der Waals surface area contributed by atoms with Gasteiger partial charge in [-0.05, 0) is 50.8 Å². The molecule has 1 aromatic heterocycles. The zero-order chi connectivity index (χ0) is 20.8. The van der Waals surface area contributed by atoms with Crippen LogP contribution in [0.5, 0.6) is 0 Å². The van der Waals surface area contributed by atoms with Crippen molar-refractivity contribution in [2.75, 3.05) is 44.2 Å². The number of rotatable bonds is 6. The minimum absolute atomic E-state index is 0.252. The van der Waals surface area contributed by atoms with Crippen LogP contribution in [0.2, 0.25) is 0 Å². The van der Waals surface area contributed by atoms with Gasteiger partial charge in [-0.3, -0.25) is 4.90 Å². The molecule has 166 valence electrons. The van der Waals surface area contributed by atoms with Crippen molar-refractivity contribution in [1.82, 2.24) is 20.5 Å². The van der Waals surface area contributed by atoms with Gasteiger partial charge in [-0.2, -0.15) is 0 Å². The molecule has 3 aliphatic rings. The zero-order valence-corrected chi connectivity index (χ0v) is 18.6. The van der Waals surface area contributed by atoms with Crippen molar-refractivity contribution in [2.45, 2.75) is 70.7 Å². The van der Waals surface area contributed by atoms with E-state index in [-0.39, 0.29) is 6.10 Å². The lowest BCUT2D eigenvalue weighted by molar-refractivity contribution is 0.0529. The van der Waals surface area contributed by atoms with E-state index in [9.17, 15) is 0 Å². The first-order valence-electron chi connectivity index (χ1n) is 11.8. The number of pyridine rings is 1. The third kappa shape index (κ3) is 5.64. The van der Waals surface area contributed by atoms with Crippen molar-refractivity contribution in [3.05, 3.63) is 23.9 Å². The van der Waals surface area contributed by atoms with Crippen LogP contribution in [0.15, 0.2) is 23.3 Å². The second-order valence-corrected chi connectivity index (χ2v) is 8.91. The van der Waals surface area contributed by atoms with Crippen LogP contribution in [0.25, 0.3) is 0 Å². The summed E-state index contributed by atoms with van der Waals surface area (Å²) in [6.07, 6.45) is 8.93. The van der Waals surface area contributed by atoms with Gasteiger partial charge in [0.2, 0.25) is 0 Å². The first kappa shape index (κ1) is 21.4. The smallest absolute Gasteiger partial charge is 0.191 e. The molecule has 7 nitrogen and oxygen atoms in total. The van der Waals surface area contributed by atoms with E-state index in [1.807, 2.05) is 6.20 Å². The summed E-state index contributed by atoms with van der Waals surface area (Å²) in [5.74, 6) is 1.95. The van der Waals surface area contributed by atoms with Crippen molar-refractivity contribution in [3.8, 4) is 0 Å². The SMILES string of the molecule is CCNC(=NCc1ccnc(N2CCOC(C)C2)c1)NC1CCN(C2CCCC2)C1. The van der Waals surface area contributed by atoms with Gasteiger partial charge in [-0.15, -0.1) is 0 Å². The fraction of sp³-hybridized carbons (Fsp3) is 0.739. The van der Waals surface area contributed by atoms with Gasteiger partial charge < -0.3 is 20.3 Å². The van der Waals surface area contributed by atoms with E-state index in [0.717, 1.165) is 50.6 Å². The molecule has 1 aliphatic carbocycles. The second kappa shape index (κ2) is 10.4. The Bertz CT molecular complexity index is 705. The summed E-state index contributed by atoms with van der Waals surface area (Å²) in [5, 5.41) is 7.10. The second-order valence-electron chi connectivity index (χ2n) is 8.91. The van der Waals surface area contributed by atoms with E-state index in [4.69, 9.17) is 9.73 Å². The lowest BCUT2D eigenvalue weighted by atomic mass is 10.2. The average Bonchev–Trinajstić information content (AvgIpc) is 3.44. The topological polar surface area (TPSA) is 65.0 Å². The van der Waals surface area contributed by atoms with E-state index in [1.165, 1.54) is 44.2 Å². The third-order valence-electron chi connectivity index (χ3n) is 6.54. The van der Waals surface area contributed by atoms with Crippen LogP contribution in [-0.4, -0.2) is 73.4 Å². The molecule has 2 saturated heterocycles. The number of aromatic nitrogens is 1. The van der Waals surface area contributed by atoms with Gasteiger partial charge in [0, 0.05) is 51.0 Å². The molecular formula is C23H38N6O. The van der Waals surface area contributed by atoms with Crippen LogP contribution in [0, 0.1) is 0 Å². The van der Waals surface area contributed by atoms with Crippen molar-refractivity contribution >= 4 is 11.8 Å². The minimum atomic E-state index is 0.252. The highest BCUT2D eigenvalue weighted by molar-refractivity contribution is 5.80. The van der Waals surface area contributed by atoms with Gasteiger partial charge in [0.1, 0.15) is 5.82 Å². The number of hydrogen-bond donors (Lipinski definition) is 2. The highest BCUT2D eigenvalue weighted by atomic mass is 16.5. The number of ether oxygens (including phenoxy) is 1. The van der Waals surface area contributed by atoms with Crippen LogP contribution < -0.4 is 15.5 Å². The first-order chi connectivity index (χ1) is 14.7. The predicted octanol–water partition coefficient (Wildman–Crippen LogP) is 2.38. The summed E-state index contributed by atoms with van der Waals surface area (Å²) in [6.45, 7) is 10.7. The number of hydrogen-bond acceptors (Lipinski definition) is 5. The maximum Gasteiger partial charge on any atom is 0.191 e. The Morgan fingerprint density at radius 3 is 2.90 bits per heavy atom. The Kier molecular flexibility index (Phi) is 7.44. The van der Waals surface area contributed by atoms with Gasteiger partial charge >= 0.3 is 0 Å². The van der Waals surface area contributed by atoms with Crippen molar-refractivity contribution in [2.24, 2.45) is 4.99 Å². The van der Waals surface area contributed by atoms with Gasteiger partial charge in [0.15, 0.2) is 5.96 Å². The monoisotopic (exact) mass is 414 g/mol. The Balaban J connectivity index is 1.34. The number of anilines is 1. The largest absolute Gasteiger partial charge is 0.375 e. The third-order valence-corrected chi connectivity index (χ3v) is 6.54.